The van der Waals surface area contributed by atoms with Crippen LogP contribution in [0.1, 0.15) is 40.5 Å². The summed E-state index contributed by atoms with van der Waals surface area (Å²) in [5.74, 6) is -3.26. The average molecular weight is 418 g/mol. The van der Waals surface area contributed by atoms with Crippen molar-refractivity contribution in [1.29, 1.82) is 0 Å². The zero-order chi connectivity index (χ0) is 22.1. The molecule has 0 aromatic rings. The van der Waals surface area contributed by atoms with E-state index in [-0.39, 0.29) is 19.4 Å². The van der Waals surface area contributed by atoms with E-state index < -0.39 is 60.4 Å². The lowest BCUT2D eigenvalue weighted by atomic mass is 9.92. The molecule has 1 heterocycles. The van der Waals surface area contributed by atoms with Crippen LogP contribution in [0.25, 0.3) is 0 Å². The molecule has 0 saturated carbocycles. The minimum absolute atomic E-state index is 0.0474. The van der Waals surface area contributed by atoms with Gasteiger partial charge in [0.1, 0.15) is 12.7 Å². The number of hydrogen-bond acceptors (Lipinski definition) is 11. The van der Waals surface area contributed by atoms with Crippen molar-refractivity contribution in [2.75, 3.05) is 13.7 Å². The third kappa shape index (κ3) is 8.06. The van der Waals surface area contributed by atoms with Gasteiger partial charge in [-0.15, -0.1) is 0 Å². The lowest BCUT2D eigenvalue weighted by molar-refractivity contribution is -0.253. The summed E-state index contributed by atoms with van der Waals surface area (Å²) in [5, 5.41) is 0. The Morgan fingerprint density at radius 3 is 1.66 bits per heavy atom. The molecule has 164 valence electrons. The van der Waals surface area contributed by atoms with Crippen LogP contribution in [0, 0.1) is 0 Å². The van der Waals surface area contributed by atoms with Crippen LogP contribution in [-0.4, -0.2) is 74.1 Å². The van der Waals surface area contributed by atoms with Crippen LogP contribution in [0.3, 0.4) is 0 Å². The molecule has 0 spiro atoms. The van der Waals surface area contributed by atoms with E-state index in [2.05, 4.69) is 4.74 Å². The number of methoxy groups -OCH3 is 1. The summed E-state index contributed by atoms with van der Waals surface area (Å²) in [5.41, 5.74) is 0. The Kier molecular flexibility index (Phi) is 9.53. The molecule has 1 rings (SSSR count). The minimum atomic E-state index is -1.24. The van der Waals surface area contributed by atoms with Crippen LogP contribution >= 0.6 is 0 Å². The normalized spacial score (nSPS) is 26.0. The molecule has 1 saturated heterocycles. The smallest absolute Gasteiger partial charge is 0.305 e. The standard InChI is InChI=1S/C18H26O11/c1-9(19)25-8-14-17(27-11(3)21)18(28-12(4)22)16(26-10(2)20)13(29-14)6-7-15(23)24-5/h13-14,16-18H,6-8H2,1-5H3/t13-,14-,16-,17-,18-/m1/s1. The number of esters is 5. The van der Waals surface area contributed by atoms with Gasteiger partial charge >= 0.3 is 29.8 Å². The molecule has 0 N–H and O–H groups in total. The second-order valence-electron chi connectivity index (χ2n) is 6.35. The van der Waals surface area contributed by atoms with Gasteiger partial charge in [-0.25, -0.2) is 0 Å². The number of ether oxygens (including phenoxy) is 6. The molecular formula is C18H26O11. The average Bonchev–Trinajstić information content (AvgIpc) is 2.60. The van der Waals surface area contributed by atoms with E-state index in [4.69, 9.17) is 23.7 Å². The molecule has 0 amide bonds. The Balaban J connectivity index is 3.26. The molecule has 0 aromatic heterocycles. The van der Waals surface area contributed by atoms with Crippen molar-refractivity contribution in [3.8, 4) is 0 Å². The first-order valence-corrected chi connectivity index (χ1v) is 8.92. The predicted octanol–water partition coefficient (Wildman–Crippen LogP) is 0.0652. The van der Waals surface area contributed by atoms with E-state index in [1.54, 1.807) is 0 Å². The van der Waals surface area contributed by atoms with Gasteiger partial charge in [0, 0.05) is 34.1 Å². The van der Waals surface area contributed by atoms with E-state index in [0.717, 1.165) is 20.8 Å². The van der Waals surface area contributed by atoms with Crippen molar-refractivity contribution < 1.29 is 52.4 Å². The highest BCUT2D eigenvalue weighted by atomic mass is 16.7. The van der Waals surface area contributed by atoms with Gasteiger partial charge in [-0.3, -0.25) is 24.0 Å². The maximum atomic E-state index is 11.7. The van der Waals surface area contributed by atoms with E-state index in [1.807, 2.05) is 0 Å². The van der Waals surface area contributed by atoms with Crippen molar-refractivity contribution in [1.82, 2.24) is 0 Å². The predicted molar refractivity (Wildman–Crippen MR) is 93.2 cm³/mol. The van der Waals surface area contributed by atoms with Gasteiger partial charge in [0.25, 0.3) is 0 Å². The maximum Gasteiger partial charge on any atom is 0.305 e. The lowest BCUT2D eigenvalue weighted by Crippen LogP contribution is -2.62. The van der Waals surface area contributed by atoms with Crippen LogP contribution in [0.2, 0.25) is 0 Å². The molecule has 0 aromatic carbocycles. The van der Waals surface area contributed by atoms with Gasteiger partial charge in [-0.2, -0.15) is 0 Å². The van der Waals surface area contributed by atoms with Crippen molar-refractivity contribution in [2.45, 2.75) is 71.1 Å². The van der Waals surface area contributed by atoms with Crippen molar-refractivity contribution >= 4 is 29.8 Å². The summed E-state index contributed by atoms with van der Waals surface area (Å²) in [7, 11) is 1.22. The molecule has 11 nitrogen and oxygen atoms in total. The zero-order valence-corrected chi connectivity index (χ0v) is 17.0. The summed E-state index contributed by atoms with van der Waals surface area (Å²) in [4.78, 5) is 57.6. The van der Waals surface area contributed by atoms with Crippen LogP contribution in [-0.2, 0) is 52.4 Å². The molecule has 11 heteroatoms. The first-order valence-electron chi connectivity index (χ1n) is 8.92. The third-order valence-corrected chi connectivity index (χ3v) is 3.95. The molecule has 5 atom stereocenters. The summed E-state index contributed by atoms with van der Waals surface area (Å²) < 4.78 is 31.2. The van der Waals surface area contributed by atoms with Gasteiger partial charge in [-0.1, -0.05) is 0 Å². The fraction of sp³-hybridized carbons (Fsp3) is 0.722. The second kappa shape index (κ2) is 11.3. The number of carbonyl (C=O) groups excluding carboxylic acids is 5. The topological polar surface area (TPSA) is 141 Å². The van der Waals surface area contributed by atoms with Crippen molar-refractivity contribution in [3.63, 3.8) is 0 Å². The molecule has 0 unspecified atom stereocenters. The Bertz CT molecular complexity index is 629. The molecule has 0 radical (unpaired) electrons. The number of rotatable bonds is 8. The Morgan fingerprint density at radius 1 is 0.724 bits per heavy atom. The highest BCUT2D eigenvalue weighted by molar-refractivity contribution is 5.70. The van der Waals surface area contributed by atoms with E-state index in [0.29, 0.717) is 0 Å². The quantitative estimate of drug-likeness (QED) is 0.390. The highest BCUT2D eigenvalue weighted by Gasteiger charge is 2.51. The maximum absolute atomic E-state index is 11.7. The van der Waals surface area contributed by atoms with Crippen LogP contribution < -0.4 is 0 Å². The lowest BCUT2D eigenvalue weighted by Gasteiger charge is -2.44. The van der Waals surface area contributed by atoms with Crippen LogP contribution in [0.4, 0.5) is 0 Å². The fourth-order valence-corrected chi connectivity index (χ4v) is 2.91. The Morgan fingerprint density at radius 2 is 1.21 bits per heavy atom. The highest BCUT2D eigenvalue weighted by Crippen LogP contribution is 2.31. The molecule has 29 heavy (non-hydrogen) atoms. The van der Waals surface area contributed by atoms with Gasteiger partial charge in [0.05, 0.1) is 13.2 Å². The molecule has 1 fully saturated rings. The van der Waals surface area contributed by atoms with Gasteiger partial charge in [0.15, 0.2) is 18.3 Å². The number of carbonyl (C=O) groups is 5. The Labute approximate surface area is 167 Å². The van der Waals surface area contributed by atoms with Crippen LogP contribution in [0.5, 0.6) is 0 Å². The fourth-order valence-electron chi connectivity index (χ4n) is 2.91. The van der Waals surface area contributed by atoms with E-state index in [1.165, 1.54) is 14.0 Å². The van der Waals surface area contributed by atoms with Gasteiger partial charge < -0.3 is 28.4 Å². The Hall–Kier alpha value is -2.69. The molecule has 0 aliphatic carbocycles. The minimum Gasteiger partial charge on any atom is -0.469 e. The third-order valence-electron chi connectivity index (χ3n) is 3.95. The largest absolute Gasteiger partial charge is 0.469 e. The van der Waals surface area contributed by atoms with Gasteiger partial charge in [0.2, 0.25) is 0 Å². The molecule has 0 bridgehead atoms. The first-order chi connectivity index (χ1) is 13.5. The number of hydrogen-bond donors (Lipinski definition) is 0. The summed E-state index contributed by atoms with van der Waals surface area (Å²) in [6.45, 7) is 4.29. The monoisotopic (exact) mass is 418 g/mol. The second-order valence-corrected chi connectivity index (χ2v) is 6.35. The summed E-state index contributed by atoms with van der Waals surface area (Å²) in [6.07, 6.45) is -5.60. The van der Waals surface area contributed by atoms with E-state index >= 15 is 0 Å². The first kappa shape index (κ1) is 24.3. The van der Waals surface area contributed by atoms with Gasteiger partial charge in [-0.05, 0) is 6.42 Å². The summed E-state index contributed by atoms with van der Waals surface area (Å²) >= 11 is 0. The van der Waals surface area contributed by atoms with Crippen molar-refractivity contribution in [3.05, 3.63) is 0 Å². The molecule has 1 aliphatic rings. The van der Waals surface area contributed by atoms with E-state index in [9.17, 15) is 24.0 Å². The molecular weight excluding hydrogens is 392 g/mol. The zero-order valence-electron chi connectivity index (χ0n) is 17.0. The van der Waals surface area contributed by atoms with Crippen LogP contribution in [0.15, 0.2) is 0 Å². The SMILES string of the molecule is COC(=O)CC[C@H]1O[C@H](COC(C)=O)[C@@H](OC(C)=O)[C@H](OC(C)=O)[C@@H]1OC(C)=O. The molecule has 1 aliphatic heterocycles. The van der Waals surface area contributed by atoms with Crippen molar-refractivity contribution in [2.24, 2.45) is 0 Å². The summed E-state index contributed by atoms with van der Waals surface area (Å²) in [6, 6.07) is 0.